The molecular formula is C49H51BN2. The van der Waals surface area contributed by atoms with Gasteiger partial charge < -0.3 is 9.80 Å². The summed E-state index contributed by atoms with van der Waals surface area (Å²) in [6.07, 6.45) is 8.63. The van der Waals surface area contributed by atoms with Gasteiger partial charge in [0.1, 0.15) is 0 Å². The van der Waals surface area contributed by atoms with Crippen molar-refractivity contribution in [2.75, 3.05) is 9.80 Å². The van der Waals surface area contributed by atoms with Crippen LogP contribution in [0.15, 0.2) is 109 Å². The highest BCUT2D eigenvalue weighted by Crippen LogP contribution is 2.78. The van der Waals surface area contributed by atoms with Crippen LogP contribution < -0.4 is 26.2 Å². The van der Waals surface area contributed by atoms with Crippen molar-refractivity contribution in [2.24, 2.45) is 23.2 Å². The zero-order valence-electron chi connectivity index (χ0n) is 31.8. The van der Waals surface area contributed by atoms with Gasteiger partial charge in [0, 0.05) is 34.1 Å². The SMILES string of the molecule is CC(C)(C)c1ccc(N2c3ccc(C(C)(C)C)cc3B3c4ccccc4N(c4ccccc4)c4cc(C56CC7CC8C(C5)CC8(C7)C6)cc2c43)cc1. The quantitative estimate of drug-likeness (QED) is 0.172. The minimum Gasteiger partial charge on any atom is -0.311 e. The number of hydrogen-bond acceptors (Lipinski definition) is 2. The van der Waals surface area contributed by atoms with E-state index in [1.807, 2.05) is 0 Å². The molecule has 3 heteroatoms. The Morgan fingerprint density at radius 3 is 1.92 bits per heavy atom. The van der Waals surface area contributed by atoms with E-state index in [0.717, 1.165) is 17.8 Å². The Balaban J connectivity index is 1.22. The molecule has 0 N–H and O–H groups in total. The van der Waals surface area contributed by atoms with Crippen LogP contribution >= 0.6 is 0 Å². The molecular weight excluding hydrogens is 627 g/mol. The van der Waals surface area contributed by atoms with Crippen molar-refractivity contribution < 1.29 is 0 Å². The summed E-state index contributed by atoms with van der Waals surface area (Å²) in [6, 6.07) is 42.8. The molecule has 5 unspecified atom stereocenters. The molecule has 5 fully saturated rings. The van der Waals surface area contributed by atoms with Gasteiger partial charge in [-0.3, -0.25) is 0 Å². The lowest BCUT2D eigenvalue weighted by molar-refractivity contribution is -0.116. The van der Waals surface area contributed by atoms with Crippen molar-refractivity contribution in [3.63, 3.8) is 0 Å². The van der Waals surface area contributed by atoms with Crippen LogP contribution in [0, 0.1) is 23.2 Å². The highest BCUT2D eigenvalue weighted by molar-refractivity contribution is 7.00. The lowest BCUT2D eigenvalue weighted by Crippen LogP contribution is -2.62. The number of hydrogen-bond donors (Lipinski definition) is 0. The molecule has 5 aromatic rings. The van der Waals surface area contributed by atoms with Crippen molar-refractivity contribution >= 4 is 57.2 Å². The highest BCUT2D eigenvalue weighted by Gasteiger charge is 2.69. The number of benzene rings is 5. The number of fused-ring (bicyclic) bond motifs is 5. The second-order valence-corrected chi connectivity index (χ2v) is 19.9. The van der Waals surface area contributed by atoms with E-state index in [2.05, 4.69) is 161 Å². The summed E-state index contributed by atoms with van der Waals surface area (Å²) >= 11 is 0. The molecule has 5 atom stereocenters. The average Bonchev–Trinajstić information content (AvgIpc) is 3.27. The number of anilines is 6. The van der Waals surface area contributed by atoms with Crippen molar-refractivity contribution in [1.29, 1.82) is 0 Å². The summed E-state index contributed by atoms with van der Waals surface area (Å²) in [5, 5.41) is 0. The minimum atomic E-state index is 0.0457. The minimum absolute atomic E-state index is 0.0457. The molecule has 12 rings (SSSR count). The zero-order valence-corrected chi connectivity index (χ0v) is 31.8. The number of rotatable bonds is 3. The summed E-state index contributed by atoms with van der Waals surface area (Å²) in [6.45, 7) is 14.2. The van der Waals surface area contributed by atoms with E-state index in [1.54, 1.807) is 5.56 Å². The summed E-state index contributed by atoms with van der Waals surface area (Å²) < 4.78 is 0. The van der Waals surface area contributed by atoms with Gasteiger partial charge in [0.25, 0.3) is 6.71 Å². The van der Waals surface area contributed by atoms with Crippen LogP contribution in [0.5, 0.6) is 0 Å². The summed E-state index contributed by atoms with van der Waals surface area (Å²) in [5.74, 6) is 2.82. The molecule has 260 valence electrons. The maximum Gasteiger partial charge on any atom is 0.252 e. The monoisotopic (exact) mass is 678 g/mol. The van der Waals surface area contributed by atoms with E-state index in [0.29, 0.717) is 5.41 Å². The van der Waals surface area contributed by atoms with Crippen molar-refractivity contribution in [3.05, 3.63) is 126 Å². The Morgan fingerprint density at radius 2 is 1.21 bits per heavy atom. The van der Waals surface area contributed by atoms with E-state index < -0.39 is 0 Å². The largest absolute Gasteiger partial charge is 0.311 e. The Labute approximate surface area is 311 Å². The third-order valence-corrected chi connectivity index (χ3v) is 14.8. The maximum absolute atomic E-state index is 2.71. The van der Waals surface area contributed by atoms with Crippen molar-refractivity contribution in [1.82, 2.24) is 0 Å². The average molecular weight is 679 g/mol. The Morgan fingerprint density at radius 1 is 0.577 bits per heavy atom. The van der Waals surface area contributed by atoms with Gasteiger partial charge in [-0.2, -0.15) is 0 Å². The molecule has 7 aliphatic rings. The standard InChI is InChI=1S/C49H51BN2/c1-46(2,3)33-16-19-37(20-17-33)52-42-21-18-34(47(4,5)6)23-40(42)50-39-14-10-11-15-41(39)51(36-12-8-7-9-13-36)43-24-35(25-44(52)45(43)50)48-26-31-22-38-32(28-48)29-49(38,27-31)30-48/h7-21,23-25,31-32,38H,22,26-30H2,1-6H3. The van der Waals surface area contributed by atoms with Crippen LogP contribution in [-0.2, 0) is 16.2 Å². The molecule has 0 radical (unpaired) electrons. The van der Waals surface area contributed by atoms with E-state index in [-0.39, 0.29) is 23.0 Å². The molecule has 0 amide bonds. The summed E-state index contributed by atoms with van der Waals surface area (Å²) in [5.41, 5.74) is 17.6. The van der Waals surface area contributed by atoms with E-state index in [4.69, 9.17) is 0 Å². The molecule has 52 heavy (non-hydrogen) atoms. The number of para-hydroxylation sites is 2. The van der Waals surface area contributed by atoms with E-state index >= 15 is 0 Å². The molecule has 4 bridgehead atoms. The van der Waals surface area contributed by atoms with Crippen LogP contribution in [-0.4, -0.2) is 6.71 Å². The molecule has 5 aliphatic carbocycles. The Hall–Kier alpha value is -4.24. The van der Waals surface area contributed by atoms with Crippen LogP contribution in [0.3, 0.4) is 0 Å². The summed E-state index contributed by atoms with van der Waals surface area (Å²) in [4.78, 5) is 5.27. The second kappa shape index (κ2) is 10.2. The number of nitrogens with zero attached hydrogens (tertiary/aromatic N) is 2. The molecule has 2 nitrogen and oxygen atoms in total. The fourth-order valence-corrected chi connectivity index (χ4v) is 12.8. The first-order valence-electron chi connectivity index (χ1n) is 20.1. The second-order valence-electron chi connectivity index (χ2n) is 19.9. The van der Waals surface area contributed by atoms with E-state index in [1.165, 1.54) is 100 Å². The van der Waals surface area contributed by atoms with Crippen LogP contribution in [0.25, 0.3) is 0 Å². The van der Waals surface area contributed by atoms with E-state index in [9.17, 15) is 0 Å². The van der Waals surface area contributed by atoms with Gasteiger partial charge in [0.05, 0.1) is 0 Å². The Kier molecular flexibility index (Phi) is 6.17. The third-order valence-electron chi connectivity index (χ3n) is 14.8. The summed E-state index contributed by atoms with van der Waals surface area (Å²) in [7, 11) is 0. The Bertz CT molecular complexity index is 2270. The smallest absolute Gasteiger partial charge is 0.252 e. The fraction of sp³-hybridized carbons (Fsp3) is 0.388. The van der Waals surface area contributed by atoms with Gasteiger partial charge in [-0.1, -0.05) is 102 Å². The highest BCUT2D eigenvalue weighted by atomic mass is 15.2. The van der Waals surface area contributed by atoms with Gasteiger partial charge in [-0.25, -0.2) is 0 Å². The first-order chi connectivity index (χ1) is 24.9. The van der Waals surface area contributed by atoms with Crippen LogP contribution in [0.2, 0.25) is 0 Å². The van der Waals surface area contributed by atoms with Crippen molar-refractivity contribution in [3.8, 4) is 0 Å². The molecule has 0 aromatic heterocycles. The first-order valence-corrected chi connectivity index (χ1v) is 20.1. The fourth-order valence-electron chi connectivity index (χ4n) is 12.8. The molecule has 1 spiro atoms. The van der Waals surface area contributed by atoms with Crippen LogP contribution in [0.1, 0.15) is 96.8 Å². The molecule has 5 aromatic carbocycles. The molecule has 0 saturated heterocycles. The van der Waals surface area contributed by atoms with Gasteiger partial charge in [0.15, 0.2) is 0 Å². The molecule has 2 heterocycles. The molecule has 2 aliphatic heterocycles. The lowest BCUT2D eigenvalue weighted by Gasteiger charge is -2.64. The first kappa shape index (κ1) is 31.3. The molecule has 5 saturated carbocycles. The predicted molar refractivity (Wildman–Crippen MR) is 220 cm³/mol. The normalized spacial score (nSPS) is 27.6. The third kappa shape index (κ3) is 4.20. The lowest BCUT2D eigenvalue weighted by atomic mass is 9.33. The zero-order chi connectivity index (χ0) is 35.4. The van der Waals surface area contributed by atoms with Crippen molar-refractivity contribution in [2.45, 2.75) is 96.3 Å². The van der Waals surface area contributed by atoms with Crippen LogP contribution in [0.4, 0.5) is 34.1 Å². The maximum atomic E-state index is 2.71. The van der Waals surface area contributed by atoms with Gasteiger partial charge in [-0.05, 0) is 160 Å². The predicted octanol–water partition coefficient (Wildman–Crippen LogP) is 10.8. The topological polar surface area (TPSA) is 6.48 Å². The van der Waals surface area contributed by atoms with Gasteiger partial charge in [-0.15, -0.1) is 0 Å². The van der Waals surface area contributed by atoms with Gasteiger partial charge >= 0.3 is 0 Å². The van der Waals surface area contributed by atoms with Gasteiger partial charge in [0.2, 0.25) is 0 Å².